The predicted molar refractivity (Wildman–Crippen MR) is 122 cm³/mol. The number of nitrogens with one attached hydrogen (secondary N) is 1. The molecule has 2 amide bonds. The van der Waals surface area contributed by atoms with Crippen LogP contribution in [-0.2, 0) is 15.8 Å². The Morgan fingerprint density at radius 3 is 2.34 bits per heavy atom. The minimum absolute atomic E-state index is 0.00409. The van der Waals surface area contributed by atoms with Gasteiger partial charge in [-0.25, -0.2) is 4.39 Å². The van der Waals surface area contributed by atoms with E-state index in [-0.39, 0.29) is 24.4 Å². The average Bonchev–Trinajstić information content (AvgIpc) is 2.84. The monoisotopic (exact) mass is 486 g/mol. The van der Waals surface area contributed by atoms with Gasteiger partial charge in [-0.1, -0.05) is 18.2 Å². The molecule has 3 aromatic carbocycles. The van der Waals surface area contributed by atoms with E-state index in [4.69, 9.17) is 4.74 Å². The molecule has 182 valence electrons. The molecule has 35 heavy (non-hydrogen) atoms. The van der Waals surface area contributed by atoms with Gasteiger partial charge >= 0.3 is 6.18 Å². The lowest BCUT2D eigenvalue weighted by atomic mass is 9.83. The molecule has 1 fully saturated rings. The molecular weight excluding hydrogens is 464 g/mol. The SMILES string of the molecule is COc1ccc(N2C(=O)CC[C@@H](C(=O)Nc3cccc(C(F)(F)F)c3)[C@H]2c2ccc(F)cc2)cc1. The second-order valence-electron chi connectivity index (χ2n) is 8.17. The summed E-state index contributed by atoms with van der Waals surface area (Å²) in [5.41, 5.74) is 0.154. The summed E-state index contributed by atoms with van der Waals surface area (Å²) in [7, 11) is 1.51. The van der Waals surface area contributed by atoms with Gasteiger partial charge in [-0.3, -0.25) is 9.59 Å². The number of amides is 2. The molecule has 2 atom stereocenters. The third kappa shape index (κ3) is 5.29. The molecule has 0 bridgehead atoms. The zero-order valence-corrected chi connectivity index (χ0v) is 18.7. The number of nitrogens with zero attached hydrogens (tertiary/aromatic N) is 1. The van der Waals surface area contributed by atoms with E-state index in [1.54, 1.807) is 24.3 Å². The van der Waals surface area contributed by atoms with Crippen molar-refractivity contribution in [3.63, 3.8) is 0 Å². The van der Waals surface area contributed by atoms with Crippen LogP contribution in [0.1, 0.15) is 30.0 Å². The molecule has 3 aromatic rings. The number of ether oxygens (including phenoxy) is 1. The lowest BCUT2D eigenvalue weighted by Crippen LogP contribution is -2.47. The highest BCUT2D eigenvalue weighted by Gasteiger charge is 2.41. The van der Waals surface area contributed by atoms with Crippen molar-refractivity contribution in [3.8, 4) is 5.75 Å². The van der Waals surface area contributed by atoms with E-state index < -0.39 is 35.4 Å². The van der Waals surface area contributed by atoms with Crippen molar-refractivity contribution in [2.24, 2.45) is 5.92 Å². The molecule has 0 saturated carbocycles. The van der Waals surface area contributed by atoms with Crippen molar-refractivity contribution >= 4 is 23.2 Å². The Kier molecular flexibility index (Phi) is 6.77. The molecule has 0 aromatic heterocycles. The zero-order valence-electron chi connectivity index (χ0n) is 18.7. The number of carbonyl (C=O) groups excluding carboxylic acids is 2. The summed E-state index contributed by atoms with van der Waals surface area (Å²) in [6.07, 6.45) is -4.32. The third-order valence-corrected chi connectivity index (χ3v) is 5.95. The summed E-state index contributed by atoms with van der Waals surface area (Å²) in [6, 6.07) is 15.8. The van der Waals surface area contributed by atoms with Gasteiger partial charge in [0, 0.05) is 17.8 Å². The molecule has 4 rings (SSSR count). The Morgan fingerprint density at radius 2 is 1.71 bits per heavy atom. The fourth-order valence-electron chi connectivity index (χ4n) is 4.26. The standard InChI is InChI=1S/C26H22F4N2O3/c1-35-21-11-9-20(10-12-21)32-23(33)14-13-22(24(32)16-5-7-18(27)8-6-16)25(34)31-19-4-2-3-17(15-19)26(28,29)30/h2-12,15,22,24H,13-14H2,1H3,(H,31,34)/t22-,24-/m1/s1. The molecule has 0 spiro atoms. The van der Waals surface area contributed by atoms with Gasteiger partial charge in [0.1, 0.15) is 11.6 Å². The van der Waals surface area contributed by atoms with Gasteiger partial charge < -0.3 is 15.0 Å². The Bertz CT molecular complexity index is 1210. The van der Waals surface area contributed by atoms with E-state index in [1.807, 2.05) is 0 Å². The van der Waals surface area contributed by atoms with E-state index in [9.17, 15) is 27.2 Å². The van der Waals surface area contributed by atoms with Gasteiger partial charge in [-0.15, -0.1) is 0 Å². The van der Waals surface area contributed by atoms with Gasteiger partial charge in [0.15, 0.2) is 0 Å². The van der Waals surface area contributed by atoms with Crippen LogP contribution in [0.4, 0.5) is 28.9 Å². The maximum atomic E-state index is 13.6. The smallest absolute Gasteiger partial charge is 0.416 e. The maximum Gasteiger partial charge on any atom is 0.416 e. The molecule has 9 heteroatoms. The van der Waals surface area contributed by atoms with Crippen LogP contribution >= 0.6 is 0 Å². The number of methoxy groups -OCH3 is 1. The number of halogens is 4. The average molecular weight is 486 g/mol. The largest absolute Gasteiger partial charge is 0.497 e. The van der Waals surface area contributed by atoms with E-state index >= 15 is 0 Å². The van der Waals surface area contributed by atoms with Crippen molar-refractivity contribution < 1.29 is 31.9 Å². The normalized spacial score (nSPS) is 18.3. The zero-order chi connectivity index (χ0) is 25.2. The first-order valence-electron chi connectivity index (χ1n) is 10.9. The summed E-state index contributed by atoms with van der Waals surface area (Å²) in [4.78, 5) is 27.9. The molecule has 1 saturated heterocycles. The summed E-state index contributed by atoms with van der Waals surface area (Å²) >= 11 is 0. The fourth-order valence-corrected chi connectivity index (χ4v) is 4.26. The van der Waals surface area contributed by atoms with Crippen LogP contribution in [0.5, 0.6) is 5.75 Å². The van der Waals surface area contributed by atoms with Crippen molar-refractivity contribution in [2.45, 2.75) is 25.1 Å². The summed E-state index contributed by atoms with van der Waals surface area (Å²) in [5, 5.41) is 2.57. The number of alkyl halides is 3. The molecule has 1 N–H and O–H groups in total. The number of carbonyl (C=O) groups is 2. The molecular formula is C26H22F4N2O3. The van der Waals surface area contributed by atoms with E-state index in [2.05, 4.69) is 5.32 Å². The van der Waals surface area contributed by atoms with Crippen LogP contribution in [0.15, 0.2) is 72.8 Å². The van der Waals surface area contributed by atoms with E-state index in [0.717, 1.165) is 12.1 Å². The topological polar surface area (TPSA) is 58.6 Å². The van der Waals surface area contributed by atoms with Crippen LogP contribution in [0.25, 0.3) is 0 Å². The van der Waals surface area contributed by atoms with Gasteiger partial charge in [0.05, 0.1) is 24.6 Å². The molecule has 0 unspecified atom stereocenters. The first-order chi connectivity index (χ1) is 16.7. The molecule has 0 radical (unpaired) electrons. The lowest BCUT2D eigenvalue weighted by Gasteiger charge is -2.41. The van der Waals surface area contributed by atoms with Crippen molar-refractivity contribution in [1.82, 2.24) is 0 Å². The van der Waals surface area contributed by atoms with E-state index in [1.165, 1.54) is 48.4 Å². The van der Waals surface area contributed by atoms with Crippen LogP contribution < -0.4 is 15.0 Å². The lowest BCUT2D eigenvalue weighted by molar-refractivity contribution is -0.137. The quantitative estimate of drug-likeness (QED) is 0.452. The first kappa shape index (κ1) is 24.3. The number of benzene rings is 3. The molecule has 1 aliphatic heterocycles. The first-order valence-corrected chi connectivity index (χ1v) is 10.9. The number of anilines is 2. The van der Waals surface area contributed by atoms with Crippen LogP contribution in [0.3, 0.4) is 0 Å². The Balaban J connectivity index is 1.71. The summed E-state index contributed by atoms with van der Waals surface area (Å²) in [6.45, 7) is 0. The third-order valence-electron chi connectivity index (χ3n) is 5.95. The maximum absolute atomic E-state index is 13.6. The molecule has 0 aliphatic carbocycles. The molecule has 1 heterocycles. The fraction of sp³-hybridized carbons (Fsp3) is 0.231. The Morgan fingerprint density at radius 1 is 1.03 bits per heavy atom. The van der Waals surface area contributed by atoms with Gasteiger partial charge in [-0.05, 0) is 66.6 Å². The second-order valence-corrected chi connectivity index (χ2v) is 8.17. The highest BCUT2D eigenvalue weighted by molar-refractivity contribution is 6.00. The Labute approximate surface area is 199 Å². The highest BCUT2D eigenvalue weighted by atomic mass is 19.4. The predicted octanol–water partition coefficient (Wildman–Crippen LogP) is 5.98. The minimum Gasteiger partial charge on any atom is -0.497 e. The summed E-state index contributed by atoms with van der Waals surface area (Å²) in [5.74, 6) is -1.46. The summed E-state index contributed by atoms with van der Waals surface area (Å²) < 4.78 is 58.2. The number of hydrogen-bond donors (Lipinski definition) is 1. The van der Waals surface area contributed by atoms with Gasteiger partial charge in [-0.2, -0.15) is 13.2 Å². The van der Waals surface area contributed by atoms with Gasteiger partial charge in [0.2, 0.25) is 11.8 Å². The second kappa shape index (κ2) is 9.77. The molecule has 5 nitrogen and oxygen atoms in total. The number of piperidine rings is 1. The number of hydrogen-bond acceptors (Lipinski definition) is 3. The molecule has 1 aliphatic rings. The minimum atomic E-state index is -4.56. The van der Waals surface area contributed by atoms with Crippen LogP contribution in [-0.4, -0.2) is 18.9 Å². The van der Waals surface area contributed by atoms with Crippen LogP contribution in [0, 0.1) is 11.7 Å². The van der Waals surface area contributed by atoms with Gasteiger partial charge in [0.25, 0.3) is 0 Å². The Hall–Kier alpha value is -3.88. The number of rotatable bonds is 5. The van der Waals surface area contributed by atoms with Crippen molar-refractivity contribution in [1.29, 1.82) is 0 Å². The van der Waals surface area contributed by atoms with Crippen molar-refractivity contribution in [3.05, 3.63) is 89.7 Å². The van der Waals surface area contributed by atoms with Crippen LogP contribution in [0.2, 0.25) is 0 Å². The highest BCUT2D eigenvalue weighted by Crippen LogP contribution is 2.41. The van der Waals surface area contributed by atoms with Crippen molar-refractivity contribution in [2.75, 3.05) is 17.3 Å². The van der Waals surface area contributed by atoms with E-state index in [0.29, 0.717) is 17.0 Å².